The number of anilines is 1. The minimum absolute atomic E-state index is 0.119. The molecule has 0 saturated heterocycles. The number of unbranched alkanes of at least 4 members (excludes halogenated alkanes) is 5. The Morgan fingerprint density at radius 3 is 2.12 bits per heavy atom. The highest BCUT2D eigenvalue weighted by Crippen LogP contribution is 2.23. The summed E-state index contributed by atoms with van der Waals surface area (Å²) in [5.74, 6) is -0.969. The van der Waals surface area contributed by atoms with Crippen molar-refractivity contribution in [1.82, 2.24) is 4.90 Å². The van der Waals surface area contributed by atoms with Gasteiger partial charge < -0.3 is 10.1 Å². The van der Waals surface area contributed by atoms with E-state index in [1.807, 2.05) is 0 Å². The van der Waals surface area contributed by atoms with Crippen molar-refractivity contribution in [3.63, 3.8) is 0 Å². The van der Waals surface area contributed by atoms with Crippen LogP contribution < -0.4 is 5.32 Å². The lowest BCUT2D eigenvalue weighted by Crippen LogP contribution is -2.30. The number of esters is 1. The van der Waals surface area contributed by atoms with Crippen LogP contribution in [0, 0.1) is 0 Å². The SMILES string of the molecule is CCCCCCOC(=O)c1ccc(NC(=O)CCCCCN2C(=O)c3ccccc3C2=O)cc1. The van der Waals surface area contributed by atoms with Crippen LogP contribution >= 0.6 is 0 Å². The molecular formula is C27H32N2O5. The molecule has 0 aliphatic carbocycles. The number of rotatable bonds is 13. The summed E-state index contributed by atoms with van der Waals surface area (Å²) in [6, 6.07) is 13.5. The number of nitrogens with one attached hydrogen (secondary N) is 1. The van der Waals surface area contributed by atoms with Gasteiger partial charge in [0.2, 0.25) is 5.91 Å². The van der Waals surface area contributed by atoms with Crippen LogP contribution in [-0.4, -0.2) is 41.7 Å². The molecule has 180 valence electrons. The molecule has 0 saturated carbocycles. The molecule has 1 N–H and O–H groups in total. The van der Waals surface area contributed by atoms with Gasteiger partial charge in [-0.05, 0) is 55.7 Å². The Morgan fingerprint density at radius 1 is 0.824 bits per heavy atom. The molecule has 3 rings (SSSR count). The molecule has 0 spiro atoms. The van der Waals surface area contributed by atoms with Crippen LogP contribution in [-0.2, 0) is 9.53 Å². The van der Waals surface area contributed by atoms with Crippen molar-refractivity contribution >= 4 is 29.4 Å². The minimum Gasteiger partial charge on any atom is -0.462 e. The van der Waals surface area contributed by atoms with E-state index >= 15 is 0 Å². The molecule has 7 nitrogen and oxygen atoms in total. The topological polar surface area (TPSA) is 92.8 Å². The third-order valence-corrected chi connectivity index (χ3v) is 5.80. The van der Waals surface area contributed by atoms with Crippen LogP contribution in [0.1, 0.15) is 89.4 Å². The standard InChI is InChI=1S/C27H32N2O5/c1-2-3-4-10-19-34-27(33)20-14-16-21(17-15-20)28-24(30)13-6-5-9-18-29-25(31)22-11-7-8-12-23(22)26(29)32/h7-8,11-12,14-17H,2-6,9-10,13,18-19H2,1H3,(H,28,30). The highest BCUT2D eigenvalue weighted by molar-refractivity contribution is 6.21. The van der Waals surface area contributed by atoms with E-state index in [-0.39, 0.29) is 23.7 Å². The Balaban J connectivity index is 1.32. The first-order valence-electron chi connectivity index (χ1n) is 12.0. The molecule has 0 radical (unpaired) electrons. The molecule has 7 heteroatoms. The van der Waals surface area contributed by atoms with E-state index in [1.54, 1.807) is 48.5 Å². The molecule has 0 bridgehead atoms. The molecular weight excluding hydrogens is 432 g/mol. The lowest BCUT2D eigenvalue weighted by atomic mass is 10.1. The molecule has 1 aliphatic heterocycles. The predicted molar refractivity (Wildman–Crippen MR) is 130 cm³/mol. The summed E-state index contributed by atoms with van der Waals surface area (Å²) in [6.45, 7) is 2.90. The van der Waals surface area contributed by atoms with Crippen molar-refractivity contribution in [1.29, 1.82) is 0 Å². The molecule has 34 heavy (non-hydrogen) atoms. The number of ether oxygens (including phenoxy) is 1. The van der Waals surface area contributed by atoms with Crippen LogP contribution in [0.3, 0.4) is 0 Å². The molecule has 2 aromatic rings. The van der Waals surface area contributed by atoms with Gasteiger partial charge in [0.15, 0.2) is 0 Å². The van der Waals surface area contributed by atoms with Crippen molar-refractivity contribution in [3.05, 3.63) is 65.2 Å². The normalized spacial score (nSPS) is 12.6. The lowest BCUT2D eigenvalue weighted by molar-refractivity contribution is -0.116. The fourth-order valence-corrected chi connectivity index (χ4v) is 3.86. The number of carbonyl (C=O) groups is 4. The van der Waals surface area contributed by atoms with E-state index < -0.39 is 0 Å². The van der Waals surface area contributed by atoms with E-state index in [9.17, 15) is 19.2 Å². The van der Waals surface area contributed by atoms with Gasteiger partial charge in [0, 0.05) is 18.7 Å². The van der Waals surface area contributed by atoms with Crippen LogP contribution in [0.25, 0.3) is 0 Å². The molecule has 0 aromatic heterocycles. The highest BCUT2D eigenvalue weighted by Gasteiger charge is 2.34. The number of imide groups is 1. The van der Waals surface area contributed by atoms with E-state index in [1.165, 1.54) is 4.90 Å². The highest BCUT2D eigenvalue weighted by atomic mass is 16.5. The quantitative estimate of drug-likeness (QED) is 0.249. The summed E-state index contributed by atoms with van der Waals surface area (Å²) >= 11 is 0. The third kappa shape index (κ3) is 6.76. The van der Waals surface area contributed by atoms with Crippen LogP contribution in [0.4, 0.5) is 5.69 Å². The second-order valence-corrected chi connectivity index (χ2v) is 8.44. The van der Waals surface area contributed by atoms with Gasteiger partial charge in [0.25, 0.3) is 11.8 Å². The number of hydrogen-bond acceptors (Lipinski definition) is 5. The molecule has 2 aromatic carbocycles. The summed E-state index contributed by atoms with van der Waals surface area (Å²) in [5, 5.41) is 2.82. The van der Waals surface area contributed by atoms with E-state index in [2.05, 4.69) is 12.2 Å². The van der Waals surface area contributed by atoms with Gasteiger partial charge >= 0.3 is 5.97 Å². The first-order valence-corrected chi connectivity index (χ1v) is 12.0. The molecule has 1 aliphatic rings. The maximum atomic E-state index is 12.4. The Kier molecular flexibility index (Phi) is 9.38. The summed E-state index contributed by atoms with van der Waals surface area (Å²) in [6.07, 6.45) is 6.55. The monoisotopic (exact) mass is 464 g/mol. The largest absolute Gasteiger partial charge is 0.462 e. The second-order valence-electron chi connectivity index (χ2n) is 8.44. The molecule has 0 atom stereocenters. The maximum absolute atomic E-state index is 12.4. The average molecular weight is 465 g/mol. The second kappa shape index (κ2) is 12.7. The summed E-state index contributed by atoms with van der Waals surface area (Å²) in [5.41, 5.74) is 1.99. The number of benzene rings is 2. The molecule has 3 amide bonds. The summed E-state index contributed by atoms with van der Waals surface area (Å²) in [7, 11) is 0. The number of fused-ring (bicyclic) bond motifs is 1. The minimum atomic E-state index is -0.354. The van der Waals surface area contributed by atoms with Crippen molar-refractivity contribution in [2.45, 2.75) is 58.3 Å². The lowest BCUT2D eigenvalue weighted by Gasteiger charge is -2.13. The van der Waals surface area contributed by atoms with Gasteiger partial charge in [0.1, 0.15) is 0 Å². The summed E-state index contributed by atoms with van der Waals surface area (Å²) < 4.78 is 5.27. The number of nitrogens with zero attached hydrogens (tertiary/aromatic N) is 1. The van der Waals surface area contributed by atoms with Gasteiger partial charge in [0.05, 0.1) is 23.3 Å². The van der Waals surface area contributed by atoms with Crippen molar-refractivity contribution in [2.75, 3.05) is 18.5 Å². The van der Waals surface area contributed by atoms with Crippen molar-refractivity contribution in [2.24, 2.45) is 0 Å². The van der Waals surface area contributed by atoms with Gasteiger partial charge in [-0.3, -0.25) is 19.3 Å². The molecule has 0 unspecified atom stereocenters. The van der Waals surface area contributed by atoms with Crippen LogP contribution in [0.15, 0.2) is 48.5 Å². The molecule has 1 heterocycles. The number of hydrogen-bond donors (Lipinski definition) is 1. The van der Waals surface area contributed by atoms with Gasteiger partial charge in [-0.15, -0.1) is 0 Å². The average Bonchev–Trinajstić information content (AvgIpc) is 3.09. The van der Waals surface area contributed by atoms with E-state index in [4.69, 9.17) is 4.74 Å². The van der Waals surface area contributed by atoms with E-state index in [0.29, 0.717) is 54.8 Å². The van der Waals surface area contributed by atoms with Gasteiger partial charge in [-0.25, -0.2) is 4.79 Å². The fourth-order valence-electron chi connectivity index (χ4n) is 3.86. The Labute approximate surface area is 200 Å². The predicted octanol–water partition coefficient (Wildman–Crippen LogP) is 5.22. The van der Waals surface area contributed by atoms with Crippen molar-refractivity contribution < 1.29 is 23.9 Å². The summed E-state index contributed by atoms with van der Waals surface area (Å²) in [4.78, 5) is 50.2. The van der Waals surface area contributed by atoms with Crippen LogP contribution in [0.5, 0.6) is 0 Å². The van der Waals surface area contributed by atoms with Crippen LogP contribution in [0.2, 0.25) is 0 Å². The number of carbonyl (C=O) groups excluding carboxylic acids is 4. The Morgan fingerprint density at radius 2 is 1.47 bits per heavy atom. The Bertz CT molecular complexity index is 981. The molecule has 0 fully saturated rings. The zero-order valence-electron chi connectivity index (χ0n) is 19.7. The Hall–Kier alpha value is -3.48. The van der Waals surface area contributed by atoms with Crippen molar-refractivity contribution in [3.8, 4) is 0 Å². The van der Waals surface area contributed by atoms with Gasteiger partial charge in [-0.2, -0.15) is 0 Å². The number of amides is 3. The zero-order chi connectivity index (χ0) is 24.3. The first-order chi connectivity index (χ1) is 16.5. The van der Waals surface area contributed by atoms with E-state index in [0.717, 1.165) is 32.1 Å². The maximum Gasteiger partial charge on any atom is 0.338 e. The zero-order valence-corrected chi connectivity index (χ0v) is 19.7. The smallest absolute Gasteiger partial charge is 0.338 e. The third-order valence-electron chi connectivity index (χ3n) is 5.80. The first kappa shape index (κ1) is 25.1. The van der Waals surface area contributed by atoms with Gasteiger partial charge in [-0.1, -0.05) is 44.7 Å². The fraction of sp³-hybridized carbons (Fsp3) is 0.407.